The van der Waals surface area contributed by atoms with Crippen LogP contribution in [-0.4, -0.2) is 36.1 Å². The van der Waals surface area contributed by atoms with Crippen molar-refractivity contribution in [2.75, 3.05) is 26.4 Å². The molecule has 0 aliphatic carbocycles. The summed E-state index contributed by atoms with van der Waals surface area (Å²) in [7, 11) is 0. The van der Waals surface area contributed by atoms with Crippen LogP contribution in [0.15, 0.2) is 12.4 Å². The molecular formula is C10H19N3O2. The maximum atomic E-state index is 5.43. The predicted octanol–water partition coefficient (Wildman–Crippen LogP) is 0.818. The van der Waals surface area contributed by atoms with E-state index in [0.29, 0.717) is 32.4 Å². The molecule has 0 radical (unpaired) electrons. The molecule has 0 spiro atoms. The molecule has 1 aromatic rings. The molecule has 0 saturated carbocycles. The van der Waals surface area contributed by atoms with Crippen molar-refractivity contribution in [3.05, 3.63) is 12.4 Å². The first-order chi connectivity index (χ1) is 7.24. The van der Waals surface area contributed by atoms with Gasteiger partial charge in [0.1, 0.15) is 6.61 Å². The second-order valence-corrected chi connectivity index (χ2v) is 3.50. The van der Waals surface area contributed by atoms with E-state index in [-0.39, 0.29) is 0 Å². The summed E-state index contributed by atoms with van der Waals surface area (Å²) in [5, 5.41) is 4.16. The SMILES string of the molecule is CC(C)n1cc(OCCOCCN)cn1. The van der Waals surface area contributed by atoms with E-state index >= 15 is 0 Å². The van der Waals surface area contributed by atoms with Crippen molar-refractivity contribution in [1.29, 1.82) is 0 Å². The molecule has 0 aromatic carbocycles. The molecule has 5 heteroatoms. The predicted molar refractivity (Wildman–Crippen MR) is 58.0 cm³/mol. The van der Waals surface area contributed by atoms with Crippen molar-refractivity contribution in [3.8, 4) is 5.75 Å². The number of aromatic nitrogens is 2. The second-order valence-electron chi connectivity index (χ2n) is 3.50. The molecule has 0 aliphatic rings. The van der Waals surface area contributed by atoms with Gasteiger partial charge in [0.05, 0.1) is 25.6 Å². The van der Waals surface area contributed by atoms with E-state index in [1.54, 1.807) is 6.20 Å². The van der Waals surface area contributed by atoms with Crippen LogP contribution in [0.4, 0.5) is 0 Å². The van der Waals surface area contributed by atoms with E-state index in [0.717, 1.165) is 5.75 Å². The minimum Gasteiger partial charge on any atom is -0.488 e. The number of ether oxygens (including phenoxy) is 2. The normalized spacial score (nSPS) is 10.9. The summed E-state index contributed by atoms with van der Waals surface area (Å²) < 4.78 is 12.5. The molecule has 0 aliphatic heterocycles. The van der Waals surface area contributed by atoms with Crippen LogP contribution in [0.25, 0.3) is 0 Å². The highest BCUT2D eigenvalue weighted by Crippen LogP contribution is 2.11. The summed E-state index contributed by atoms with van der Waals surface area (Å²) in [6.07, 6.45) is 3.59. The standard InChI is InChI=1S/C10H19N3O2/c1-9(2)13-8-10(7-12-13)15-6-5-14-4-3-11/h7-9H,3-6,11H2,1-2H3. The first-order valence-electron chi connectivity index (χ1n) is 5.19. The maximum absolute atomic E-state index is 5.43. The van der Waals surface area contributed by atoms with E-state index in [4.69, 9.17) is 15.2 Å². The molecular weight excluding hydrogens is 194 g/mol. The van der Waals surface area contributed by atoms with Crippen LogP contribution < -0.4 is 10.5 Å². The molecule has 0 unspecified atom stereocenters. The van der Waals surface area contributed by atoms with Gasteiger partial charge in [-0.05, 0) is 13.8 Å². The number of rotatable bonds is 7. The third-order valence-electron chi connectivity index (χ3n) is 1.87. The van der Waals surface area contributed by atoms with Gasteiger partial charge in [0.2, 0.25) is 0 Å². The van der Waals surface area contributed by atoms with E-state index in [9.17, 15) is 0 Å². The van der Waals surface area contributed by atoms with Crippen LogP contribution in [0.2, 0.25) is 0 Å². The molecule has 5 nitrogen and oxygen atoms in total. The van der Waals surface area contributed by atoms with E-state index < -0.39 is 0 Å². The lowest BCUT2D eigenvalue weighted by atomic mass is 10.4. The average molecular weight is 213 g/mol. The van der Waals surface area contributed by atoms with Crippen molar-refractivity contribution >= 4 is 0 Å². The summed E-state index contributed by atoms with van der Waals surface area (Å²) in [5.74, 6) is 0.778. The molecule has 2 N–H and O–H groups in total. The minimum atomic E-state index is 0.357. The number of hydrogen-bond acceptors (Lipinski definition) is 4. The van der Waals surface area contributed by atoms with E-state index in [1.807, 2.05) is 10.9 Å². The molecule has 15 heavy (non-hydrogen) atoms. The number of nitrogens with zero attached hydrogens (tertiary/aromatic N) is 2. The van der Waals surface area contributed by atoms with Gasteiger partial charge in [-0.3, -0.25) is 4.68 Å². The lowest BCUT2D eigenvalue weighted by molar-refractivity contribution is 0.106. The molecule has 0 amide bonds. The molecule has 0 fully saturated rings. The van der Waals surface area contributed by atoms with E-state index in [1.165, 1.54) is 0 Å². The Morgan fingerprint density at radius 2 is 2.20 bits per heavy atom. The van der Waals surface area contributed by atoms with Crippen LogP contribution in [0, 0.1) is 0 Å². The summed E-state index contributed by atoms with van der Waals surface area (Å²) in [6, 6.07) is 0.357. The zero-order valence-electron chi connectivity index (χ0n) is 9.35. The van der Waals surface area contributed by atoms with Crippen LogP contribution in [-0.2, 0) is 4.74 Å². The molecule has 1 rings (SSSR count). The zero-order valence-corrected chi connectivity index (χ0v) is 9.35. The van der Waals surface area contributed by atoms with Crippen molar-refractivity contribution in [1.82, 2.24) is 9.78 Å². The van der Waals surface area contributed by atoms with Gasteiger partial charge in [0, 0.05) is 12.6 Å². The molecule has 0 saturated heterocycles. The monoisotopic (exact) mass is 213 g/mol. The van der Waals surface area contributed by atoms with Crippen LogP contribution in [0.5, 0.6) is 5.75 Å². The van der Waals surface area contributed by atoms with Gasteiger partial charge in [-0.1, -0.05) is 0 Å². The van der Waals surface area contributed by atoms with Gasteiger partial charge in [-0.15, -0.1) is 0 Å². The lowest BCUT2D eigenvalue weighted by Crippen LogP contribution is -2.13. The largest absolute Gasteiger partial charge is 0.488 e. The fourth-order valence-corrected chi connectivity index (χ4v) is 1.08. The Bertz CT molecular complexity index is 273. The van der Waals surface area contributed by atoms with Crippen molar-refractivity contribution in [2.45, 2.75) is 19.9 Å². The van der Waals surface area contributed by atoms with Crippen LogP contribution in [0.3, 0.4) is 0 Å². The third-order valence-corrected chi connectivity index (χ3v) is 1.87. The molecule has 0 atom stereocenters. The highest BCUT2D eigenvalue weighted by molar-refractivity contribution is 5.11. The summed E-state index contributed by atoms with van der Waals surface area (Å²) in [5.41, 5.74) is 5.28. The minimum absolute atomic E-state index is 0.357. The second kappa shape index (κ2) is 6.42. The number of hydrogen-bond donors (Lipinski definition) is 1. The quantitative estimate of drug-likeness (QED) is 0.681. The van der Waals surface area contributed by atoms with E-state index in [2.05, 4.69) is 18.9 Å². The summed E-state index contributed by atoms with van der Waals surface area (Å²) in [4.78, 5) is 0. The van der Waals surface area contributed by atoms with Crippen LogP contribution in [0.1, 0.15) is 19.9 Å². The molecule has 1 heterocycles. The fourth-order valence-electron chi connectivity index (χ4n) is 1.08. The topological polar surface area (TPSA) is 62.3 Å². The Balaban J connectivity index is 2.20. The highest BCUT2D eigenvalue weighted by atomic mass is 16.5. The molecule has 86 valence electrons. The molecule has 0 bridgehead atoms. The Morgan fingerprint density at radius 1 is 1.40 bits per heavy atom. The van der Waals surface area contributed by atoms with Gasteiger partial charge in [-0.25, -0.2) is 0 Å². The number of nitrogens with two attached hydrogens (primary N) is 1. The Kier molecular flexibility index (Phi) is 5.14. The molecule has 1 aromatic heterocycles. The first-order valence-corrected chi connectivity index (χ1v) is 5.19. The fraction of sp³-hybridized carbons (Fsp3) is 0.700. The highest BCUT2D eigenvalue weighted by Gasteiger charge is 2.01. The average Bonchev–Trinajstić information content (AvgIpc) is 2.66. The Hall–Kier alpha value is -1.07. The first kappa shape index (κ1) is 12.0. The van der Waals surface area contributed by atoms with Gasteiger partial charge >= 0.3 is 0 Å². The summed E-state index contributed by atoms with van der Waals surface area (Å²) in [6.45, 7) is 6.36. The lowest BCUT2D eigenvalue weighted by Gasteiger charge is -2.05. The van der Waals surface area contributed by atoms with Crippen LogP contribution >= 0.6 is 0 Å². The van der Waals surface area contributed by atoms with Gasteiger partial charge in [0.25, 0.3) is 0 Å². The van der Waals surface area contributed by atoms with Crippen molar-refractivity contribution in [2.24, 2.45) is 5.73 Å². The third kappa shape index (κ3) is 4.31. The summed E-state index contributed by atoms with van der Waals surface area (Å²) >= 11 is 0. The Morgan fingerprint density at radius 3 is 2.80 bits per heavy atom. The van der Waals surface area contributed by atoms with Crippen molar-refractivity contribution < 1.29 is 9.47 Å². The van der Waals surface area contributed by atoms with Crippen molar-refractivity contribution in [3.63, 3.8) is 0 Å². The Labute approximate surface area is 90.2 Å². The van der Waals surface area contributed by atoms with Gasteiger partial charge in [-0.2, -0.15) is 5.10 Å². The smallest absolute Gasteiger partial charge is 0.157 e. The zero-order chi connectivity index (χ0) is 11.1. The van der Waals surface area contributed by atoms with Gasteiger partial charge < -0.3 is 15.2 Å². The maximum Gasteiger partial charge on any atom is 0.157 e. The van der Waals surface area contributed by atoms with Gasteiger partial charge in [0.15, 0.2) is 5.75 Å².